The lowest BCUT2D eigenvalue weighted by Gasteiger charge is -2.32. The molecule has 1 aromatic rings. The highest BCUT2D eigenvalue weighted by Crippen LogP contribution is 2.26. The highest BCUT2D eigenvalue weighted by Gasteiger charge is 2.29. The van der Waals surface area contributed by atoms with Gasteiger partial charge in [0.05, 0.1) is 13.7 Å². The molecule has 3 rings (SSSR count). The number of likely N-dealkylation sites (tertiary alicyclic amines) is 2. The predicted molar refractivity (Wildman–Crippen MR) is 94.5 cm³/mol. The van der Waals surface area contributed by atoms with Gasteiger partial charge in [-0.2, -0.15) is 0 Å². The van der Waals surface area contributed by atoms with Crippen LogP contribution in [0.5, 0.6) is 0 Å². The topological polar surface area (TPSA) is 92.6 Å². The number of ether oxygens (including phenoxy) is 1. The smallest absolute Gasteiger partial charge is 0.407 e. The van der Waals surface area contributed by atoms with Crippen LogP contribution in [0.25, 0.3) is 0 Å². The summed E-state index contributed by atoms with van der Waals surface area (Å²) in [6.45, 7) is 4.36. The van der Waals surface area contributed by atoms with Gasteiger partial charge in [0.1, 0.15) is 18.2 Å². The molecule has 0 radical (unpaired) electrons. The third kappa shape index (κ3) is 4.32. The number of piperidine rings is 1. The maximum Gasteiger partial charge on any atom is 0.407 e. The summed E-state index contributed by atoms with van der Waals surface area (Å²) >= 11 is 0. The summed E-state index contributed by atoms with van der Waals surface area (Å²) in [5.74, 6) is 2.01. The number of carbonyl (C=O) groups excluding carboxylic acids is 2. The third-order valence-electron chi connectivity index (χ3n) is 5.27. The largest absolute Gasteiger partial charge is 0.453 e. The summed E-state index contributed by atoms with van der Waals surface area (Å²) in [6.07, 6.45) is 3.83. The molecule has 0 aliphatic carbocycles. The molecule has 144 valence electrons. The van der Waals surface area contributed by atoms with Gasteiger partial charge in [0.2, 0.25) is 5.91 Å². The third-order valence-corrected chi connectivity index (χ3v) is 5.27. The van der Waals surface area contributed by atoms with E-state index >= 15 is 0 Å². The lowest BCUT2D eigenvalue weighted by atomic mass is 9.97. The van der Waals surface area contributed by atoms with E-state index in [2.05, 4.69) is 29.7 Å². The van der Waals surface area contributed by atoms with E-state index in [0.717, 1.165) is 44.1 Å². The second kappa shape index (κ2) is 8.48. The summed E-state index contributed by atoms with van der Waals surface area (Å²) < 4.78 is 6.59. The van der Waals surface area contributed by atoms with Gasteiger partial charge in [-0.25, -0.2) is 4.79 Å². The first kappa shape index (κ1) is 18.6. The summed E-state index contributed by atoms with van der Waals surface area (Å²) in [6, 6.07) is 0. The minimum atomic E-state index is -0.591. The summed E-state index contributed by atoms with van der Waals surface area (Å²) in [7, 11) is 3.30. The number of carbonyl (C=O) groups is 2. The molecule has 1 aromatic heterocycles. The lowest BCUT2D eigenvalue weighted by Crippen LogP contribution is -2.44. The average Bonchev–Trinajstić information content (AvgIpc) is 3.30. The quantitative estimate of drug-likeness (QED) is 0.817. The minimum Gasteiger partial charge on any atom is -0.453 e. The molecule has 0 spiro atoms. The Labute approximate surface area is 153 Å². The molecule has 0 aromatic carbocycles. The molecule has 2 fully saturated rings. The first-order valence-corrected chi connectivity index (χ1v) is 9.28. The second-order valence-electron chi connectivity index (χ2n) is 7.04. The Morgan fingerprint density at radius 3 is 2.69 bits per heavy atom. The number of hydrogen-bond acceptors (Lipinski definition) is 6. The number of amides is 2. The minimum absolute atomic E-state index is 0.0432. The van der Waals surface area contributed by atoms with Crippen molar-refractivity contribution in [1.82, 2.24) is 29.9 Å². The number of hydrogen-bond donors (Lipinski definition) is 1. The van der Waals surface area contributed by atoms with Crippen LogP contribution in [-0.2, 0) is 23.1 Å². The Morgan fingerprint density at radius 2 is 1.96 bits per heavy atom. The summed E-state index contributed by atoms with van der Waals surface area (Å²) in [5, 5.41) is 11.3. The zero-order valence-electron chi connectivity index (χ0n) is 15.6. The zero-order valence-corrected chi connectivity index (χ0v) is 15.6. The summed E-state index contributed by atoms with van der Waals surface area (Å²) in [5.41, 5.74) is 0. The molecule has 26 heavy (non-hydrogen) atoms. The number of rotatable bonds is 5. The summed E-state index contributed by atoms with van der Waals surface area (Å²) in [4.78, 5) is 27.7. The molecule has 3 heterocycles. The maximum atomic E-state index is 12.3. The fraction of sp³-hybridized carbons (Fsp3) is 0.765. The molecule has 2 aliphatic heterocycles. The van der Waals surface area contributed by atoms with Crippen LogP contribution in [0.2, 0.25) is 0 Å². The first-order valence-electron chi connectivity index (χ1n) is 9.28. The van der Waals surface area contributed by atoms with Crippen molar-refractivity contribution in [2.75, 3.05) is 39.8 Å². The molecule has 2 amide bonds. The van der Waals surface area contributed by atoms with Crippen molar-refractivity contribution in [2.45, 2.75) is 38.1 Å². The monoisotopic (exact) mass is 364 g/mol. The highest BCUT2D eigenvalue weighted by molar-refractivity contribution is 5.82. The van der Waals surface area contributed by atoms with Gasteiger partial charge in [-0.3, -0.25) is 9.69 Å². The number of methoxy groups -OCH3 is 1. The van der Waals surface area contributed by atoms with Gasteiger partial charge in [-0.1, -0.05) is 0 Å². The SMILES string of the molecule is COC(=O)NCC(=O)N1CCCC(c2nnc(CN3CCCC3)n2C)C1. The van der Waals surface area contributed by atoms with Crippen molar-refractivity contribution >= 4 is 12.0 Å². The number of nitrogens with zero attached hydrogens (tertiary/aromatic N) is 5. The molecule has 1 atom stereocenters. The van der Waals surface area contributed by atoms with E-state index < -0.39 is 6.09 Å². The van der Waals surface area contributed by atoms with Crippen LogP contribution in [-0.4, -0.2) is 76.4 Å². The van der Waals surface area contributed by atoms with Crippen LogP contribution >= 0.6 is 0 Å². The molecular weight excluding hydrogens is 336 g/mol. The van der Waals surface area contributed by atoms with Crippen molar-refractivity contribution in [2.24, 2.45) is 7.05 Å². The molecule has 9 nitrogen and oxygen atoms in total. The average molecular weight is 364 g/mol. The number of alkyl carbamates (subject to hydrolysis) is 1. The Morgan fingerprint density at radius 1 is 1.19 bits per heavy atom. The van der Waals surface area contributed by atoms with Crippen molar-refractivity contribution in [1.29, 1.82) is 0 Å². The maximum absolute atomic E-state index is 12.3. The molecule has 9 heteroatoms. The van der Waals surface area contributed by atoms with Gasteiger partial charge >= 0.3 is 6.09 Å². The number of nitrogens with one attached hydrogen (secondary N) is 1. The van der Waals surface area contributed by atoms with Crippen molar-refractivity contribution < 1.29 is 14.3 Å². The molecular formula is C17H28N6O3. The van der Waals surface area contributed by atoms with E-state index in [1.807, 2.05) is 7.05 Å². The van der Waals surface area contributed by atoms with Gasteiger partial charge in [-0.15, -0.1) is 10.2 Å². The van der Waals surface area contributed by atoms with Crippen LogP contribution in [0.1, 0.15) is 43.3 Å². The Kier molecular flexibility index (Phi) is 6.08. The predicted octanol–water partition coefficient (Wildman–Crippen LogP) is 0.473. The first-order chi connectivity index (χ1) is 12.6. The normalized spacial score (nSPS) is 21.0. The zero-order chi connectivity index (χ0) is 18.5. The fourth-order valence-electron chi connectivity index (χ4n) is 3.76. The van der Waals surface area contributed by atoms with Crippen LogP contribution in [0, 0.1) is 0 Å². The van der Waals surface area contributed by atoms with E-state index in [9.17, 15) is 9.59 Å². The Bertz CT molecular complexity index is 640. The lowest BCUT2D eigenvalue weighted by molar-refractivity contribution is -0.131. The van der Waals surface area contributed by atoms with Crippen molar-refractivity contribution in [3.8, 4) is 0 Å². The Balaban J connectivity index is 1.59. The second-order valence-corrected chi connectivity index (χ2v) is 7.04. The van der Waals surface area contributed by atoms with Gasteiger partial charge in [-0.05, 0) is 38.8 Å². The van der Waals surface area contributed by atoms with Gasteiger partial charge in [0.15, 0.2) is 0 Å². The standard InChI is InChI=1S/C17H28N6O3/c1-21-14(12-22-7-3-4-8-22)19-20-16(21)13-6-5-9-23(11-13)15(24)10-18-17(25)26-2/h13H,3-12H2,1-2H3,(H,18,25). The highest BCUT2D eigenvalue weighted by atomic mass is 16.5. The van der Waals surface area contributed by atoms with Crippen LogP contribution in [0.4, 0.5) is 4.79 Å². The van der Waals surface area contributed by atoms with Gasteiger partial charge < -0.3 is 19.5 Å². The van der Waals surface area contributed by atoms with E-state index in [1.54, 1.807) is 4.90 Å². The molecule has 2 aliphatic rings. The van der Waals surface area contributed by atoms with E-state index in [-0.39, 0.29) is 18.4 Å². The molecule has 1 unspecified atom stereocenters. The molecule has 1 N–H and O–H groups in total. The number of aromatic nitrogens is 3. The van der Waals surface area contributed by atoms with Gasteiger partial charge in [0, 0.05) is 26.1 Å². The molecule has 0 saturated carbocycles. The van der Waals surface area contributed by atoms with Crippen LogP contribution in [0.15, 0.2) is 0 Å². The van der Waals surface area contributed by atoms with Crippen molar-refractivity contribution in [3.05, 3.63) is 11.6 Å². The van der Waals surface area contributed by atoms with E-state index in [4.69, 9.17) is 0 Å². The van der Waals surface area contributed by atoms with E-state index in [0.29, 0.717) is 13.1 Å². The fourth-order valence-corrected chi connectivity index (χ4v) is 3.76. The van der Waals surface area contributed by atoms with Crippen molar-refractivity contribution in [3.63, 3.8) is 0 Å². The molecule has 2 saturated heterocycles. The molecule has 0 bridgehead atoms. The van der Waals surface area contributed by atoms with E-state index in [1.165, 1.54) is 20.0 Å². The van der Waals surface area contributed by atoms with Gasteiger partial charge in [0.25, 0.3) is 0 Å². The van der Waals surface area contributed by atoms with Crippen LogP contribution in [0.3, 0.4) is 0 Å². The van der Waals surface area contributed by atoms with Crippen LogP contribution < -0.4 is 5.32 Å². The Hall–Kier alpha value is -2.16.